The zero-order valence-electron chi connectivity index (χ0n) is 9.25. The molecule has 80 valence electrons. The first-order chi connectivity index (χ1) is 6.83. The Morgan fingerprint density at radius 1 is 1.64 bits per heavy atom. The van der Waals surface area contributed by atoms with Gasteiger partial charge in [-0.05, 0) is 26.3 Å². The molecule has 0 saturated carbocycles. The van der Waals surface area contributed by atoms with Gasteiger partial charge < -0.3 is 10.1 Å². The van der Waals surface area contributed by atoms with Gasteiger partial charge in [0.15, 0.2) is 0 Å². The van der Waals surface area contributed by atoms with Gasteiger partial charge in [0.25, 0.3) is 0 Å². The lowest BCUT2D eigenvalue weighted by Gasteiger charge is -2.26. The summed E-state index contributed by atoms with van der Waals surface area (Å²) >= 11 is 0. The Kier molecular flexibility index (Phi) is 5.00. The minimum absolute atomic E-state index is 0.435. The number of rotatable bonds is 5. The van der Waals surface area contributed by atoms with Crippen LogP contribution >= 0.6 is 0 Å². The van der Waals surface area contributed by atoms with Gasteiger partial charge in [0, 0.05) is 25.0 Å². The summed E-state index contributed by atoms with van der Waals surface area (Å²) in [6.45, 7) is 3.11. The predicted octanol–water partition coefficient (Wildman–Crippen LogP) is 1.80. The highest BCUT2D eigenvalue weighted by atomic mass is 16.5. The minimum Gasteiger partial charge on any atom is -0.378 e. The maximum Gasteiger partial charge on any atom is 0.0616 e. The lowest BCUT2D eigenvalue weighted by Crippen LogP contribution is -2.37. The van der Waals surface area contributed by atoms with Crippen LogP contribution in [0.5, 0.6) is 0 Å². The van der Waals surface area contributed by atoms with Crippen LogP contribution in [0.25, 0.3) is 0 Å². The van der Waals surface area contributed by atoms with Gasteiger partial charge in [0.2, 0.25) is 0 Å². The maximum absolute atomic E-state index is 5.69. The van der Waals surface area contributed by atoms with Crippen LogP contribution in [0.3, 0.4) is 0 Å². The van der Waals surface area contributed by atoms with E-state index in [1.165, 1.54) is 6.42 Å². The van der Waals surface area contributed by atoms with Crippen LogP contribution in [0.2, 0.25) is 0 Å². The van der Waals surface area contributed by atoms with Crippen molar-refractivity contribution in [1.29, 1.82) is 0 Å². The van der Waals surface area contributed by atoms with Crippen molar-refractivity contribution in [2.24, 2.45) is 5.92 Å². The number of nitrogens with one attached hydrogen (secondary N) is 1. The van der Waals surface area contributed by atoms with E-state index < -0.39 is 0 Å². The molecule has 0 amide bonds. The van der Waals surface area contributed by atoms with Crippen LogP contribution in [0.15, 0.2) is 0 Å². The molecule has 0 aromatic rings. The molecule has 0 radical (unpaired) electrons. The second-order valence-corrected chi connectivity index (χ2v) is 3.91. The highest BCUT2D eigenvalue weighted by molar-refractivity contribution is 4.90. The Morgan fingerprint density at radius 2 is 2.43 bits per heavy atom. The molecule has 1 fully saturated rings. The second kappa shape index (κ2) is 6.06. The van der Waals surface area contributed by atoms with E-state index in [1.807, 2.05) is 7.05 Å². The Bertz CT molecular complexity index is 197. The van der Waals surface area contributed by atoms with E-state index in [2.05, 4.69) is 18.2 Å². The molecular formula is C12H21NO. The summed E-state index contributed by atoms with van der Waals surface area (Å²) in [6, 6.07) is 0.526. The monoisotopic (exact) mass is 195 g/mol. The standard InChI is InChI=1S/C12H21NO/c1-4-6-7-11(13-3)10-8-9-14-12(10)5-2/h1,10-13H,5-9H2,2-3H3. The summed E-state index contributed by atoms with van der Waals surface area (Å²) in [7, 11) is 2.02. The van der Waals surface area contributed by atoms with Gasteiger partial charge in [-0.1, -0.05) is 6.92 Å². The van der Waals surface area contributed by atoms with Crippen molar-refractivity contribution in [3.05, 3.63) is 0 Å². The van der Waals surface area contributed by atoms with Crippen molar-refractivity contribution in [3.8, 4) is 12.3 Å². The van der Waals surface area contributed by atoms with Crippen LogP contribution in [0.4, 0.5) is 0 Å². The second-order valence-electron chi connectivity index (χ2n) is 3.91. The van der Waals surface area contributed by atoms with Crippen molar-refractivity contribution in [1.82, 2.24) is 5.32 Å². The molecule has 1 N–H and O–H groups in total. The summed E-state index contributed by atoms with van der Waals surface area (Å²) in [5.41, 5.74) is 0. The van der Waals surface area contributed by atoms with Crippen molar-refractivity contribution < 1.29 is 4.74 Å². The van der Waals surface area contributed by atoms with Crippen molar-refractivity contribution >= 4 is 0 Å². The third kappa shape index (κ3) is 2.73. The molecule has 0 aromatic carbocycles. The first-order valence-corrected chi connectivity index (χ1v) is 5.55. The third-order valence-corrected chi connectivity index (χ3v) is 3.15. The molecule has 1 aliphatic rings. The Hall–Kier alpha value is -0.520. The van der Waals surface area contributed by atoms with Gasteiger partial charge in [0.1, 0.15) is 0 Å². The van der Waals surface area contributed by atoms with E-state index in [-0.39, 0.29) is 0 Å². The van der Waals surface area contributed by atoms with E-state index in [0.717, 1.165) is 25.9 Å². The van der Waals surface area contributed by atoms with E-state index >= 15 is 0 Å². The zero-order valence-corrected chi connectivity index (χ0v) is 9.25. The van der Waals surface area contributed by atoms with Gasteiger partial charge in [0.05, 0.1) is 6.10 Å². The maximum atomic E-state index is 5.69. The number of hydrogen-bond acceptors (Lipinski definition) is 2. The zero-order chi connectivity index (χ0) is 10.4. The average Bonchev–Trinajstić information content (AvgIpc) is 2.67. The molecule has 1 saturated heterocycles. The summed E-state index contributed by atoms with van der Waals surface area (Å²) in [5.74, 6) is 3.36. The van der Waals surface area contributed by atoms with Crippen LogP contribution in [0.1, 0.15) is 32.6 Å². The SMILES string of the molecule is C#CCCC(NC)C1CCOC1CC. The fraction of sp³-hybridized carbons (Fsp3) is 0.833. The summed E-state index contributed by atoms with van der Waals surface area (Å²) in [6.07, 6.45) is 9.94. The summed E-state index contributed by atoms with van der Waals surface area (Å²) in [4.78, 5) is 0. The first kappa shape index (κ1) is 11.6. The topological polar surface area (TPSA) is 21.3 Å². The summed E-state index contributed by atoms with van der Waals surface area (Å²) in [5, 5.41) is 3.37. The van der Waals surface area contributed by atoms with E-state index in [9.17, 15) is 0 Å². The summed E-state index contributed by atoms with van der Waals surface area (Å²) < 4.78 is 5.69. The highest BCUT2D eigenvalue weighted by Gasteiger charge is 2.32. The molecule has 0 spiro atoms. The lowest BCUT2D eigenvalue weighted by molar-refractivity contribution is 0.0775. The van der Waals surface area contributed by atoms with Gasteiger partial charge in [-0.3, -0.25) is 0 Å². The van der Waals surface area contributed by atoms with Crippen LogP contribution in [-0.4, -0.2) is 25.8 Å². The molecule has 2 heteroatoms. The lowest BCUT2D eigenvalue weighted by atomic mass is 9.88. The minimum atomic E-state index is 0.435. The van der Waals surface area contributed by atoms with Crippen molar-refractivity contribution in [2.75, 3.05) is 13.7 Å². The quantitative estimate of drug-likeness (QED) is 0.675. The average molecular weight is 195 g/mol. The first-order valence-electron chi connectivity index (χ1n) is 5.55. The fourth-order valence-electron chi connectivity index (χ4n) is 2.36. The van der Waals surface area contributed by atoms with E-state index in [4.69, 9.17) is 11.2 Å². The third-order valence-electron chi connectivity index (χ3n) is 3.15. The molecule has 2 nitrogen and oxygen atoms in total. The molecule has 1 aliphatic heterocycles. The van der Waals surface area contributed by atoms with Gasteiger partial charge in [-0.15, -0.1) is 12.3 Å². The Labute approximate surface area is 87.4 Å². The predicted molar refractivity (Wildman–Crippen MR) is 59.1 cm³/mol. The molecule has 1 heterocycles. The molecule has 3 unspecified atom stereocenters. The molecule has 1 rings (SSSR count). The van der Waals surface area contributed by atoms with E-state index in [0.29, 0.717) is 18.1 Å². The molecule has 0 aromatic heterocycles. The van der Waals surface area contributed by atoms with E-state index in [1.54, 1.807) is 0 Å². The van der Waals surface area contributed by atoms with Crippen LogP contribution in [0, 0.1) is 18.3 Å². The van der Waals surface area contributed by atoms with Crippen LogP contribution < -0.4 is 5.32 Å². The molecule has 0 bridgehead atoms. The highest BCUT2D eigenvalue weighted by Crippen LogP contribution is 2.28. The van der Waals surface area contributed by atoms with Crippen molar-refractivity contribution in [2.45, 2.75) is 44.8 Å². The smallest absolute Gasteiger partial charge is 0.0616 e. The molecule has 3 atom stereocenters. The number of ether oxygens (including phenoxy) is 1. The Balaban J connectivity index is 2.46. The number of hydrogen-bond donors (Lipinski definition) is 1. The molecular weight excluding hydrogens is 174 g/mol. The normalized spacial score (nSPS) is 28.6. The number of terminal acetylenes is 1. The van der Waals surface area contributed by atoms with Gasteiger partial charge in [-0.2, -0.15) is 0 Å². The molecule has 14 heavy (non-hydrogen) atoms. The largest absolute Gasteiger partial charge is 0.378 e. The van der Waals surface area contributed by atoms with Gasteiger partial charge >= 0.3 is 0 Å². The Morgan fingerprint density at radius 3 is 3.00 bits per heavy atom. The van der Waals surface area contributed by atoms with Gasteiger partial charge in [-0.25, -0.2) is 0 Å². The van der Waals surface area contributed by atoms with Crippen molar-refractivity contribution in [3.63, 3.8) is 0 Å². The fourth-order valence-corrected chi connectivity index (χ4v) is 2.36. The van der Waals surface area contributed by atoms with Crippen LogP contribution in [-0.2, 0) is 4.74 Å². The molecule has 0 aliphatic carbocycles.